The highest BCUT2D eigenvalue weighted by molar-refractivity contribution is 7.82. The smallest absolute Gasteiger partial charge is 0.0620 e. The van der Waals surface area contributed by atoms with Gasteiger partial charge in [0.25, 0.3) is 0 Å². The van der Waals surface area contributed by atoms with Crippen molar-refractivity contribution in [2.24, 2.45) is 11.8 Å². The van der Waals surface area contributed by atoms with Crippen LogP contribution in [0.4, 0.5) is 0 Å². The lowest BCUT2D eigenvalue weighted by Crippen LogP contribution is -2.21. The molecule has 1 aromatic carbocycles. The van der Waals surface area contributed by atoms with Gasteiger partial charge >= 0.3 is 0 Å². The monoisotopic (exact) mass is 237 g/mol. The fourth-order valence-electron chi connectivity index (χ4n) is 2.69. The van der Waals surface area contributed by atoms with Crippen LogP contribution < -0.4 is 5.30 Å². The van der Waals surface area contributed by atoms with Gasteiger partial charge in [-0.1, -0.05) is 45.9 Å². The molecule has 16 heavy (non-hydrogen) atoms. The van der Waals surface area contributed by atoms with Gasteiger partial charge in [0, 0.05) is 7.26 Å². The van der Waals surface area contributed by atoms with E-state index in [9.17, 15) is 0 Å². The first-order chi connectivity index (χ1) is 7.44. The van der Waals surface area contributed by atoms with Crippen LogP contribution in [0.2, 0.25) is 0 Å². The van der Waals surface area contributed by atoms with Crippen LogP contribution >= 0.6 is 7.26 Å². The summed E-state index contributed by atoms with van der Waals surface area (Å²) in [6.45, 7) is 11.9. The Labute approximate surface area is 102 Å². The van der Waals surface area contributed by atoms with Crippen LogP contribution in [-0.2, 0) is 0 Å². The Morgan fingerprint density at radius 2 is 1.31 bits per heavy atom. The minimum absolute atomic E-state index is 0.803. The Kier molecular flexibility index (Phi) is 4.99. The molecule has 1 aromatic rings. The first kappa shape index (κ1) is 13.7. The summed E-state index contributed by atoms with van der Waals surface area (Å²) < 4.78 is 0. The molecule has 0 spiro atoms. The summed E-state index contributed by atoms with van der Waals surface area (Å²) in [7, 11) is -0.934. The summed E-state index contributed by atoms with van der Waals surface area (Å²) in [4.78, 5) is 0. The molecule has 0 nitrogen and oxygen atoms in total. The van der Waals surface area contributed by atoms with Gasteiger partial charge < -0.3 is 0 Å². The van der Waals surface area contributed by atoms with Crippen molar-refractivity contribution in [2.75, 3.05) is 19.0 Å². The van der Waals surface area contributed by atoms with Crippen LogP contribution in [-0.4, -0.2) is 19.0 Å². The lowest BCUT2D eigenvalue weighted by Gasteiger charge is -2.26. The van der Waals surface area contributed by atoms with E-state index >= 15 is 0 Å². The lowest BCUT2D eigenvalue weighted by molar-refractivity contribution is 0.716. The fourth-order valence-corrected chi connectivity index (χ4v) is 7.37. The second-order valence-corrected chi connectivity index (χ2v) is 9.92. The van der Waals surface area contributed by atoms with E-state index in [0.29, 0.717) is 0 Å². The zero-order chi connectivity index (χ0) is 12.2. The van der Waals surface area contributed by atoms with Gasteiger partial charge in [0.1, 0.15) is 0 Å². The van der Waals surface area contributed by atoms with Gasteiger partial charge in [-0.15, -0.1) is 0 Å². The topological polar surface area (TPSA) is 0 Å². The van der Waals surface area contributed by atoms with Crippen molar-refractivity contribution < 1.29 is 0 Å². The molecule has 0 heterocycles. The third-order valence-corrected chi connectivity index (χ3v) is 7.53. The molecule has 1 heteroatoms. The van der Waals surface area contributed by atoms with Gasteiger partial charge in [0.05, 0.1) is 24.3 Å². The summed E-state index contributed by atoms with van der Waals surface area (Å²) >= 11 is 0. The van der Waals surface area contributed by atoms with Crippen molar-refractivity contribution in [3.05, 3.63) is 30.3 Å². The number of hydrogen-bond donors (Lipinski definition) is 0. The molecule has 0 radical (unpaired) electrons. The van der Waals surface area contributed by atoms with Crippen LogP contribution in [0.15, 0.2) is 30.3 Å². The minimum Gasteiger partial charge on any atom is -0.0620 e. The van der Waals surface area contributed by atoms with Gasteiger partial charge in [0.2, 0.25) is 0 Å². The molecule has 0 unspecified atom stereocenters. The van der Waals surface area contributed by atoms with E-state index in [1.807, 2.05) is 0 Å². The van der Waals surface area contributed by atoms with Crippen LogP contribution in [0.1, 0.15) is 27.7 Å². The van der Waals surface area contributed by atoms with E-state index in [1.165, 1.54) is 12.3 Å². The average molecular weight is 237 g/mol. The van der Waals surface area contributed by atoms with Crippen LogP contribution in [0.5, 0.6) is 0 Å². The highest BCUT2D eigenvalue weighted by Gasteiger charge is 2.35. The summed E-state index contributed by atoms with van der Waals surface area (Å²) in [6, 6.07) is 11.2. The molecule has 0 aliphatic rings. The van der Waals surface area contributed by atoms with Crippen molar-refractivity contribution in [3.8, 4) is 0 Å². The zero-order valence-electron chi connectivity index (χ0n) is 11.4. The van der Waals surface area contributed by atoms with Crippen molar-refractivity contribution in [2.45, 2.75) is 27.7 Å². The SMILES string of the molecule is CC(C)C[P+](C)(CC(C)C)c1ccccc1. The largest absolute Gasteiger partial charge is 0.0936 e. The fraction of sp³-hybridized carbons (Fsp3) is 0.600. The molecule has 0 N–H and O–H groups in total. The molecule has 0 bridgehead atoms. The summed E-state index contributed by atoms with van der Waals surface area (Å²) in [5.74, 6) is 1.61. The van der Waals surface area contributed by atoms with Crippen molar-refractivity contribution in [3.63, 3.8) is 0 Å². The molecule has 0 aliphatic heterocycles. The van der Waals surface area contributed by atoms with Crippen LogP contribution in [0.25, 0.3) is 0 Å². The molecule has 0 aromatic heterocycles. The molecule has 0 saturated carbocycles. The molecule has 0 atom stereocenters. The highest BCUT2D eigenvalue weighted by atomic mass is 31.2. The maximum absolute atomic E-state index is 2.53. The van der Waals surface area contributed by atoms with Crippen LogP contribution in [0.3, 0.4) is 0 Å². The van der Waals surface area contributed by atoms with E-state index in [1.54, 1.807) is 5.30 Å². The van der Waals surface area contributed by atoms with E-state index in [0.717, 1.165) is 11.8 Å². The van der Waals surface area contributed by atoms with Crippen LogP contribution in [0, 0.1) is 11.8 Å². The zero-order valence-corrected chi connectivity index (χ0v) is 12.3. The average Bonchev–Trinajstić information content (AvgIpc) is 2.16. The normalized spacial score (nSPS) is 12.4. The third kappa shape index (κ3) is 3.91. The van der Waals surface area contributed by atoms with Gasteiger partial charge in [0.15, 0.2) is 0 Å². The van der Waals surface area contributed by atoms with Crippen molar-refractivity contribution in [1.29, 1.82) is 0 Å². The molecule has 1 rings (SSSR count). The molecule has 0 fully saturated rings. The Hall–Kier alpha value is -0.350. The second-order valence-electron chi connectivity index (χ2n) is 5.88. The molecule has 0 amide bonds. The Morgan fingerprint density at radius 1 is 0.875 bits per heavy atom. The van der Waals surface area contributed by atoms with Gasteiger partial charge in [-0.25, -0.2) is 0 Å². The first-order valence-corrected chi connectivity index (χ1v) is 8.95. The molecule has 0 aliphatic carbocycles. The predicted molar refractivity (Wildman–Crippen MR) is 78.3 cm³/mol. The van der Waals surface area contributed by atoms with E-state index in [2.05, 4.69) is 64.7 Å². The van der Waals surface area contributed by atoms with Gasteiger partial charge in [-0.3, -0.25) is 0 Å². The minimum atomic E-state index is -0.934. The van der Waals surface area contributed by atoms with Gasteiger partial charge in [-0.2, -0.15) is 0 Å². The summed E-state index contributed by atoms with van der Waals surface area (Å²) in [5, 5.41) is 1.61. The lowest BCUT2D eigenvalue weighted by atomic mass is 10.3. The number of benzene rings is 1. The van der Waals surface area contributed by atoms with E-state index in [4.69, 9.17) is 0 Å². The quantitative estimate of drug-likeness (QED) is 0.671. The summed E-state index contributed by atoms with van der Waals surface area (Å²) in [5.41, 5.74) is 0. The number of rotatable bonds is 5. The Morgan fingerprint density at radius 3 is 1.69 bits per heavy atom. The predicted octanol–water partition coefficient (Wildman–Crippen LogP) is 4.27. The Bertz CT molecular complexity index is 290. The van der Waals surface area contributed by atoms with Crippen molar-refractivity contribution >= 4 is 12.6 Å². The molecule has 90 valence electrons. The second kappa shape index (κ2) is 5.82. The summed E-state index contributed by atoms with van der Waals surface area (Å²) in [6.07, 6.45) is 2.77. The highest BCUT2D eigenvalue weighted by Crippen LogP contribution is 2.56. The number of hydrogen-bond acceptors (Lipinski definition) is 0. The van der Waals surface area contributed by atoms with E-state index in [-0.39, 0.29) is 0 Å². The molecule has 0 saturated heterocycles. The molecular weight excluding hydrogens is 211 g/mol. The maximum atomic E-state index is 2.53. The maximum Gasteiger partial charge on any atom is 0.0936 e. The third-order valence-electron chi connectivity index (χ3n) is 2.92. The van der Waals surface area contributed by atoms with E-state index < -0.39 is 7.26 Å². The van der Waals surface area contributed by atoms with Crippen molar-refractivity contribution in [1.82, 2.24) is 0 Å². The Balaban J connectivity index is 2.95. The first-order valence-electron chi connectivity index (χ1n) is 6.34. The van der Waals surface area contributed by atoms with Gasteiger partial charge in [-0.05, 0) is 24.0 Å². The molecular formula is C15H26P+. The standard InChI is InChI=1S/C15H26P/c1-13(2)11-16(5,12-14(3)4)15-9-7-6-8-10-15/h6-10,13-14H,11-12H2,1-5H3/q+1.